The van der Waals surface area contributed by atoms with E-state index in [4.69, 9.17) is 0 Å². The summed E-state index contributed by atoms with van der Waals surface area (Å²) in [5, 5.41) is 3.99. The lowest BCUT2D eigenvalue weighted by molar-refractivity contribution is -0.167. The van der Waals surface area contributed by atoms with E-state index in [9.17, 15) is 27.2 Å². The summed E-state index contributed by atoms with van der Waals surface area (Å²) in [5.41, 5.74) is -0.277. The van der Waals surface area contributed by atoms with E-state index in [1.54, 1.807) is 5.32 Å². The summed E-state index contributed by atoms with van der Waals surface area (Å²) >= 11 is 0. The molecule has 23 heavy (non-hydrogen) atoms. The summed E-state index contributed by atoms with van der Waals surface area (Å²) in [7, 11) is 0. The topological polar surface area (TPSA) is 58.2 Å². The molecular weight excluding hydrogens is 316 g/mol. The highest BCUT2D eigenvalue weighted by Crippen LogP contribution is 2.25. The molecule has 0 spiro atoms. The summed E-state index contributed by atoms with van der Waals surface area (Å²) < 4.78 is 50.0. The van der Waals surface area contributed by atoms with Crippen molar-refractivity contribution in [2.45, 2.75) is 6.18 Å². The highest BCUT2D eigenvalue weighted by Gasteiger charge is 2.39. The number of hydrogen-bond acceptors (Lipinski definition) is 2. The molecular formula is C15H10F4N2O2. The molecule has 2 rings (SSSR count). The maximum atomic E-state index is 13.1. The number of hydrogen-bond donors (Lipinski definition) is 2. The molecule has 0 atom stereocenters. The number of carbonyl (C=O) groups is 2. The van der Waals surface area contributed by atoms with Crippen LogP contribution in [0.1, 0.15) is 10.4 Å². The van der Waals surface area contributed by atoms with Crippen molar-refractivity contribution in [3.8, 4) is 0 Å². The van der Waals surface area contributed by atoms with Gasteiger partial charge in [0.1, 0.15) is 5.82 Å². The zero-order valence-corrected chi connectivity index (χ0v) is 11.4. The molecule has 2 amide bonds. The van der Waals surface area contributed by atoms with Gasteiger partial charge in [0.05, 0.1) is 11.4 Å². The third kappa shape index (κ3) is 4.29. The summed E-state index contributed by atoms with van der Waals surface area (Å²) in [6, 6.07) is 10.2. The van der Waals surface area contributed by atoms with Gasteiger partial charge < -0.3 is 10.6 Å². The maximum Gasteiger partial charge on any atom is 0.471 e. The Morgan fingerprint density at radius 2 is 1.48 bits per heavy atom. The first kappa shape index (κ1) is 16.5. The first-order valence-corrected chi connectivity index (χ1v) is 6.31. The van der Waals surface area contributed by atoms with E-state index in [-0.39, 0.29) is 16.9 Å². The van der Waals surface area contributed by atoms with Crippen molar-refractivity contribution >= 4 is 23.2 Å². The molecule has 0 aliphatic heterocycles. The summed E-state index contributed by atoms with van der Waals surface area (Å²) in [6.45, 7) is 0. The van der Waals surface area contributed by atoms with E-state index in [1.807, 2.05) is 0 Å². The van der Waals surface area contributed by atoms with Crippen LogP contribution in [0.3, 0.4) is 0 Å². The van der Waals surface area contributed by atoms with E-state index in [0.717, 1.165) is 12.1 Å². The van der Waals surface area contributed by atoms with Crippen molar-refractivity contribution in [2.75, 3.05) is 10.6 Å². The average Bonchev–Trinajstić information content (AvgIpc) is 2.48. The number of rotatable bonds is 3. The second-order valence-corrected chi connectivity index (χ2v) is 4.46. The van der Waals surface area contributed by atoms with E-state index >= 15 is 0 Å². The normalized spacial score (nSPS) is 11.0. The van der Waals surface area contributed by atoms with Crippen LogP contribution in [0.4, 0.5) is 28.9 Å². The standard InChI is InChI=1S/C15H10F4N2O2/c16-10-5-3-4-9(8-10)13(22)20-11-6-1-2-7-12(11)21-14(23)15(17,18)19/h1-8H,(H,20,22)(H,21,23). The molecule has 0 aliphatic carbocycles. The lowest BCUT2D eigenvalue weighted by Gasteiger charge is -2.13. The fourth-order valence-electron chi connectivity index (χ4n) is 1.72. The van der Waals surface area contributed by atoms with Gasteiger partial charge in [-0.2, -0.15) is 13.2 Å². The van der Waals surface area contributed by atoms with Crippen LogP contribution in [0, 0.1) is 5.82 Å². The van der Waals surface area contributed by atoms with Crippen molar-refractivity contribution in [1.82, 2.24) is 0 Å². The van der Waals surface area contributed by atoms with E-state index in [1.165, 1.54) is 36.4 Å². The highest BCUT2D eigenvalue weighted by atomic mass is 19.4. The summed E-state index contributed by atoms with van der Waals surface area (Å²) in [6.07, 6.45) is -5.06. The van der Waals surface area contributed by atoms with Crippen LogP contribution in [0.15, 0.2) is 48.5 Å². The predicted octanol–water partition coefficient (Wildman–Crippen LogP) is 3.58. The zero-order chi connectivity index (χ0) is 17.0. The van der Waals surface area contributed by atoms with E-state index < -0.39 is 23.8 Å². The van der Waals surface area contributed by atoms with Gasteiger partial charge >= 0.3 is 12.1 Å². The van der Waals surface area contributed by atoms with Crippen molar-refractivity contribution in [1.29, 1.82) is 0 Å². The number of halogens is 4. The maximum absolute atomic E-state index is 13.1. The van der Waals surface area contributed by atoms with Gasteiger partial charge in [0.2, 0.25) is 0 Å². The fraction of sp³-hybridized carbons (Fsp3) is 0.0667. The molecule has 0 unspecified atom stereocenters. The molecule has 2 aromatic rings. The Bertz CT molecular complexity index is 744. The van der Waals surface area contributed by atoms with Gasteiger partial charge in [0, 0.05) is 5.56 Å². The van der Waals surface area contributed by atoms with Crippen LogP contribution in [-0.4, -0.2) is 18.0 Å². The zero-order valence-electron chi connectivity index (χ0n) is 11.4. The minimum Gasteiger partial charge on any atom is -0.320 e. The number of alkyl halides is 3. The average molecular weight is 326 g/mol. The highest BCUT2D eigenvalue weighted by molar-refractivity contribution is 6.07. The fourth-order valence-corrected chi connectivity index (χ4v) is 1.72. The first-order valence-electron chi connectivity index (χ1n) is 6.31. The molecule has 0 aliphatic rings. The summed E-state index contributed by atoms with van der Waals surface area (Å²) in [5.74, 6) is -3.51. The molecule has 2 N–H and O–H groups in total. The van der Waals surface area contributed by atoms with E-state index in [2.05, 4.69) is 5.32 Å². The first-order chi connectivity index (χ1) is 10.8. The number of anilines is 2. The van der Waals surface area contributed by atoms with Gasteiger partial charge in [-0.15, -0.1) is 0 Å². The number of carbonyl (C=O) groups excluding carboxylic acids is 2. The van der Waals surface area contributed by atoms with Crippen LogP contribution in [0.5, 0.6) is 0 Å². The van der Waals surface area contributed by atoms with Crippen molar-refractivity contribution in [2.24, 2.45) is 0 Å². The monoisotopic (exact) mass is 326 g/mol. The molecule has 4 nitrogen and oxygen atoms in total. The van der Waals surface area contributed by atoms with E-state index in [0.29, 0.717) is 0 Å². The van der Waals surface area contributed by atoms with Gasteiger partial charge in [-0.25, -0.2) is 4.39 Å². The quantitative estimate of drug-likeness (QED) is 0.847. The number of nitrogens with one attached hydrogen (secondary N) is 2. The minimum atomic E-state index is -5.06. The van der Waals surface area contributed by atoms with Gasteiger partial charge in [0.25, 0.3) is 5.91 Å². The third-order valence-electron chi connectivity index (χ3n) is 2.77. The molecule has 2 aromatic carbocycles. The Balaban J connectivity index is 2.21. The second-order valence-electron chi connectivity index (χ2n) is 4.46. The number of para-hydroxylation sites is 2. The minimum absolute atomic E-state index is 0.0121. The number of benzene rings is 2. The van der Waals surface area contributed by atoms with Gasteiger partial charge in [-0.1, -0.05) is 18.2 Å². The smallest absolute Gasteiger partial charge is 0.320 e. The Morgan fingerprint density at radius 1 is 0.870 bits per heavy atom. The molecule has 0 aromatic heterocycles. The van der Waals surface area contributed by atoms with Crippen LogP contribution >= 0.6 is 0 Å². The Kier molecular flexibility index (Phi) is 4.63. The van der Waals surface area contributed by atoms with Crippen molar-refractivity contribution in [3.05, 3.63) is 59.9 Å². The van der Waals surface area contributed by atoms with Crippen molar-refractivity contribution in [3.63, 3.8) is 0 Å². The lowest BCUT2D eigenvalue weighted by Crippen LogP contribution is -2.30. The SMILES string of the molecule is O=C(Nc1ccccc1NC(=O)C(F)(F)F)c1cccc(F)c1. The second kappa shape index (κ2) is 6.47. The largest absolute Gasteiger partial charge is 0.471 e. The molecule has 0 saturated carbocycles. The van der Waals surface area contributed by atoms with Crippen LogP contribution in [0.25, 0.3) is 0 Å². The Morgan fingerprint density at radius 3 is 2.04 bits per heavy atom. The van der Waals surface area contributed by atoms with Crippen LogP contribution in [0.2, 0.25) is 0 Å². The Hall–Kier alpha value is -2.90. The van der Waals surface area contributed by atoms with Crippen molar-refractivity contribution < 1.29 is 27.2 Å². The molecule has 120 valence electrons. The van der Waals surface area contributed by atoms with Crippen LogP contribution < -0.4 is 10.6 Å². The molecule has 0 radical (unpaired) electrons. The van der Waals surface area contributed by atoms with Gasteiger partial charge in [0.15, 0.2) is 0 Å². The summed E-state index contributed by atoms with van der Waals surface area (Å²) in [4.78, 5) is 23.0. The molecule has 8 heteroatoms. The Labute approximate surface area is 128 Å². The third-order valence-corrected chi connectivity index (χ3v) is 2.77. The molecule has 0 saturated heterocycles. The number of amides is 2. The molecule has 0 fully saturated rings. The van der Waals surface area contributed by atoms with Crippen LogP contribution in [-0.2, 0) is 4.79 Å². The lowest BCUT2D eigenvalue weighted by atomic mass is 10.2. The van der Waals surface area contributed by atoms with Gasteiger partial charge in [-0.3, -0.25) is 9.59 Å². The van der Waals surface area contributed by atoms with Gasteiger partial charge in [-0.05, 0) is 30.3 Å². The molecule has 0 bridgehead atoms. The molecule has 0 heterocycles. The predicted molar refractivity (Wildman–Crippen MR) is 75.5 cm³/mol.